The van der Waals surface area contributed by atoms with Crippen LogP contribution in [0, 0.1) is 0 Å². The monoisotopic (exact) mass is 246 g/mol. The van der Waals surface area contributed by atoms with Gasteiger partial charge in [-0.25, -0.2) is 14.4 Å². The summed E-state index contributed by atoms with van der Waals surface area (Å²) in [5.74, 6) is -4.20. The second kappa shape index (κ2) is 6.20. The molecule has 0 amide bonds. The lowest BCUT2D eigenvalue weighted by molar-refractivity contribution is 0.0649. The highest BCUT2D eigenvalue weighted by Crippen LogP contribution is 2.12. The van der Waals surface area contributed by atoms with E-state index in [9.17, 15) is 14.4 Å². The Labute approximate surface area is 94.4 Å². The van der Waals surface area contributed by atoms with E-state index < -0.39 is 29.0 Å². The summed E-state index contributed by atoms with van der Waals surface area (Å²) in [6.07, 6.45) is 0. The summed E-state index contributed by atoms with van der Waals surface area (Å²) in [6.45, 7) is 0. The van der Waals surface area contributed by atoms with Gasteiger partial charge in [-0.1, -0.05) is 0 Å². The van der Waals surface area contributed by atoms with Crippen LogP contribution in [0.2, 0.25) is 0 Å². The zero-order valence-electron chi connectivity index (χ0n) is 8.30. The fourth-order valence-corrected chi connectivity index (χ4v) is 1.04. The zero-order chi connectivity index (χ0) is 11.6. The van der Waals surface area contributed by atoms with E-state index in [0.29, 0.717) is 0 Å². The van der Waals surface area contributed by atoms with E-state index >= 15 is 0 Å². The second-order valence-electron chi connectivity index (χ2n) is 2.68. The molecule has 0 saturated heterocycles. The van der Waals surface area contributed by atoms with Crippen molar-refractivity contribution in [3.63, 3.8) is 0 Å². The Bertz CT molecular complexity index is 450. The summed E-state index contributed by atoms with van der Waals surface area (Å²) in [5.41, 5.74) is -1.24. The van der Waals surface area contributed by atoms with Gasteiger partial charge in [0.05, 0.1) is 16.7 Å². The molecule has 0 aliphatic carbocycles. The molecule has 0 aliphatic rings. The van der Waals surface area contributed by atoms with Gasteiger partial charge >= 0.3 is 17.9 Å². The first-order chi connectivity index (χ1) is 6.93. The molecule has 8 heteroatoms. The molecule has 0 saturated carbocycles. The molecule has 0 heterocycles. The molecule has 0 atom stereocenters. The van der Waals surface area contributed by atoms with Crippen LogP contribution in [0.3, 0.4) is 0 Å². The van der Waals surface area contributed by atoms with Crippen molar-refractivity contribution in [2.24, 2.45) is 0 Å². The number of hydrogen-bond donors (Lipinski definition) is 3. The molecule has 0 aliphatic heterocycles. The van der Waals surface area contributed by atoms with Crippen LogP contribution in [0.25, 0.3) is 0 Å². The maximum absolute atomic E-state index is 10.6. The first-order valence-electron chi connectivity index (χ1n) is 3.77. The van der Waals surface area contributed by atoms with Crippen molar-refractivity contribution in [3.8, 4) is 0 Å². The minimum atomic E-state index is -1.48. The molecule has 7 N–H and O–H groups in total. The van der Waals surface area contributed by atoms with Gasteiger partial charge < -0.3 is 26.3 Å². The van der Waals surface area contributed by atoms with Crippen molar-refractivity contribution in [1.82, 2.24) is 0 Å². The zero-order valence-corrected chi connectivity index (χ0v) is 8.30. The van der Waals surface area contributed by atoms with Gasteiger partial charge in [-0.05, 0) is 18.2 Å². The molecule has 0 radical (unpaired) electrons. The number of aromatic carboxylic acids is 3. The lowest BCUT2D eigenvalue weighted by Gasteiger charge is -2.02. The van der Waals surface area contributed by atoms with Gasteiger partial charge in [0.15, 0.2) is 0 Å². The van der Waals surface area contributed by atoms with Crippen LogP contribution in [-0.4, -0.2) is 44.2 Å². The fourth-order valence-electron chi connectivity index (χ4n) is 1.04. The third kappa shape index (κ3) is 3.55. The topological polar surface area (TPSA) is 175 Å². The molecule has 1 rings (SSSR count). The fraction of sp³-hybridized carbons (Fsp3) is 0. The highest BCUT2D eigenvalue weighted by atomic mass is 16.4. The lowest BCUT2D eigenvalue weighted by atomic mass is 10.0. The summed E-state index contributed by atoms with van der Waals surface area (Å²) in [6, 6.07) is 2.81. The predicted octanol–water partition coefficient (Wildman–Crippen LogP) is -0.868. The van der Waals surface area contributed by atoms with E-state index in [2.05, 4.69) is 0 Å². The minimum absolute atomic E-state index is 0. The molecule has 1 aromatic rings. The molecule has 0 fully saturated rings. The quantitative estimate of drug-likeness (QED) is 0.624. The number of rotatable bonds is 3. The SMILES string of the molecule is O.O.O=C(O)c1ccc(C(=O)O)c(C(=O)O)c1. The molecule has 94 valence electrons. The van der Waals surface area contributed by atoms with Gasteiger partial charge in [0.1, 0.15) is 0 Å². The molecule has 17 heavy (non-hydrogen) atoms. The number of carboxylic acid groups (broad SMARTS) is 3. The third-order valence-electron chi connectivity index (χ3n) is 1.73. The van der Waals surface area contributed by atoms with Crippen LogP contribution < -0.4 is 0 Å². The minimum Gasteiger partial charge on any atom is -0.478 e. The number of carbonyl (C=O) groups is 3. The van der Waals surface area contributed by atoms with E-state index in [1.54, 1.807) is 0 Å². The highest BCUT2D eigenvalue weighted by Gasteiger charge is 2.17. The average molecular weight is 246 g/mol. The van der Waals surface area contributed by atoms with Crippen LogP contribution in [0.15, 0.2) is 18.2 Å². The first-order valence-corrected chi connectivity index (χ1v) is 3.77. The molecule has 0 bridgehead atoms. The second-order valence-corrected chi connectivity index (χ2v) is 2.68. The predicted molar refractivity (Wildman–Crippen MR) is 54.5 cm³/mol. The van der Waals surface area contributed by atoms with Gasteiger partial charge in [-0.15, -0.1) is 0 Å². The number of hydrogen-bond acceptors (Lipinski definition) is 3. The highest BCUT2D eigenvalue weighted by molar-refractivity contribution is 6.03. The molecule has 0 unspecified atom stereocenters. The Kier molecular flexibility index (Phi) is 6.19. The molecule has 0 aromatic heterocycles. The molecule has 8 nitrogen and oxygen atoms in total. The Morgan fingerprint density at radius 3 is 1.59 bits per heavy atom. The van der Waals surface area contributed by atoms with Crippen LogP contribution in [0.4, 0.5) is 0 Å². The van der Waals surface area contributed by atoms with Crippen LogP contribution in [0.1, 0.15) is 31.1 Å². The standard InChI is InChI=1S/C9H6O6.2H2O/c10-7(11)4-1-2-5(8(12)13)6(3-4)9(14)15;;/h1-3H,(H,10,11)(H,12,13)(H,14,15);2*1H2. The van der Waals surface area contributed by atoms with Crippen LogP contribution in [0.5, 0.6) is 0 Å². The molecule has 0 spiro atoms. The van der Waals surface area contributed by atoms with E-state index in [4.69, 9.17) is 15.3 Å². The van der Waals surface area contributed by atoms with Crippen molar-refractivity contribution in [2.45, 2.75) is 0 Å². The Balaban J connectivity index is 0. The van der Waals surface area contributed by atoms with Crippen molar-refractivity contribution in [3.05, 3.63) is 34.9 Å². The summed E-state index contributed by atoms with van der Waals surface area (Å²) in [4.78, 5) is 31.8. The van der Waals surface area contributed by atoms with Crippen molar-refractivity contribution < 1.29 is 40.7 Å². The van der Waals surface area contributed by atoms with Crippen LogP contribution in [-0.2, 0) is 0 Å². The summed E-state index contributed by atoms with van der Waals surface area (Å²) in [5, 5.41) is 25.9. The van der Waals surface area contributed by atoms with E-state index in [1.165, 1.54) is 0 Å². The summed E-state index contributed by atoms with van der Waals surface area (Å²) in [7, 11) is 0. The largest absolute Gasteiger partial charge is 0.478 e. The summed E-state index contributed by atoms with van der Waals surface area (Å²) < 4.78 is 0. The van der Waals surface area contributed by atoms with Gasteiger partial charge in [-0.3, -0.25) is 0 Å². The van der Waals surface area contributed by atoms with Crippen molar-refractivity contribution in [1.29, 1.82) is 0 Å². The van der Waals surface area contributed by atoms with E-state index in [0.717, 1.165) is 18.2 Å². The maximum Gasteiger partial charge on any atom is 0.336 e. The Morgan fingerprint density at radius 2 is 1.24 bits per heavy atom. The van der Waals surface area contributed by atoms with Gasteiger partial charge in [0, 0.05) is 0 Å². The van der Waals surface area contributed by atoms with Crippen molar-refractivity contribution >= 4 is 17.9 Å². The molecular formula is C9H10O8. The molecular weight excluding hydrogens is 236 g/mol. The average Bonchev–Trinajstić information content (AvgIpc) is 2.16. The number of benzene rings is 1. The van der Waals surface area contributed by atoms with E-state index in [1.807, 2.05) is 0 Å². The Hall–Kier alpha value is -2.45. The van der Waals surface area contributed by atoms with Gasteiger partial charge in [-0.2, -0.15) is 0 Å². The van der Waals surface area contributed by atoms with E-state index in [-0.39, 0.29) is 16.5 Å². The smallest absolute Gasteiger partial charge is 0.336 e. The summed E-state index contributed by atoms with van der Waals surface area (Å²) >= 11 is 0. The Morgan fingerprint density at radius 1 is 0.765 bits per heavy atom. The third-order valence-corrected chi connectivity index (χ3v) is 1.73. The normalized spacial score (nSPS) is 8.47. The van der Waals surface area contributed by atoms with Crippen molar-refractivity contribution in [2.75, 3.05) is 0 Å². The van der Waals surface area contributed by atoms with Crippen LogP contribution >= 0.6 is 0 Å². The lowest BCUT2D eigenvalue weighted by Crippen LogP contribution is -2.10. The van der Waals surface area contributed by atoms with Gasteiger partial charge in [0.2, 0.25) is 0 Å². The van der Waals surface area contributed by atoms with Gasteiger partial charge in [0.25, 0.3) is 0 Å². The first kappa shape index (κ1) is 17.0. The number of carboxylic acids is 3. The maximum atomic E-state index is 10.6. The molecule has 1 aromatic carbocycles.